The Morgan fingerprint density at radius 1 is 1.12 bits per heavy atom. The van der Waals surface area contributed by atoms with Gasteiger partial charge in [-0.25, -0.2) is 0 Å². The highest BCUT2D eigenvalue weighted by Gasteiger charge is 2.27. The van der Waals surface area contributed by atoms with E-state index in [-0.39, 0.29) is 12.0 Å². The highest BCUT2D eigenvalue weighted by atomic mass is 16.5. The van der Waals surface area contributed by atoms with Gasteiger partial charge in [0, 0.05) is 25.4 Å². The second kappa shape index (κ2) is 11.9. The van der Waals surface area contributed by atoms with Crippen molar-refractivity contribution < 1.29 is 4.52 Å². The predicted molar refractivity (Wildman–Crippen MR) is 105 cm³/mol. The number of rotatable bonds is 13. The summed E-state index contributed by atoms with van der Waals surface area (Å²) in [6.45, 7) is 3.13. The smallest absolute Gasteiger partial charge is 0.228 e. The van der Waals surface area contributed by atoms with Crippen molar-refractivity contribution in [3.05, 3.63) is 11.7 Å². The van der Waals surface area contributed by atoms with Crippen molar-refractivity contribution in [2.45, 2.75) is 103 Å². The zero-order valence-electron chi connectivity index (χ0n) is 16.5. The SMILES string of the molecule is CCCCCCCCCCCCc1noc(C[C@@H]2CCCN2C(=N)N)n1. The normalized spacial score (nSPS) is 17.1. The lowest BCUT2D eigenvalue weighted by Gasteiger charge is -2.23. The van der Waals surface area contributed by atoms with Crippen LogP contribution in [0.15, 0.2) is 4.52 Å². The molecule has 0 amide bonds. The van der Waals surface area contributed by atoms with E-state index in [2.05, 4.69) is 17.1 Å². The van der Waals surface area contributed by atoms with Gasteiger partial charge >= 0.3 is 0 Å². The van der Waals surface area contributed by atoms with Crippen molar-refractivity contribution in [1.29, 1.82) is 5.41 Å². The van der Waals surface area contributed by atoms with Gasteiger partial charge in [0.05, 0.1) is 0 Å². The highest BCUT2D eigenvalue weighted by molar-refractivity contribution is 5.75. The number of aryl methyl sites for hydroxylation is 1. The second-order valence-electron chi connectivity index (χ2n) is 7.62. The summed E-state index contributed by atoms with van der Waals surface area (Å²) in [5.74, 6) is 1.66. The number of hydrogen-bond acceptors (Lipinski definition) is 4. The van der Waals surface area contributed by atoms with E-state index in [9.17, 15) is 0 Å². The Labute approximate surface area is 158 Å². The van der Waals surface area contributed by atoms with E-state index in [1.165, 1.54) is 57.8 Å². The summed E-state index contributed by atoms with van der Waals surface area (Å²) in [7, 11) is 0. The van der Waals surface area contributed by atoms with Crippen molar-refractivity contribution in [1.82, 2.24) is 15.0 Å². The average Bonchev–Trinajstić information content (AvgIpc) is 3.26. The summed E-state index contributed by atoms with van der Waals surface area (Å²) in [6.07, 6.45) is 17.1. The fourth-order valence-corrected chi connectivity index (χ4v) is 3.81. The van der Waals surface area contributed by atoms with Gasteiger partial charge in [-0.15, -0.1) is 0 Å². The minimum Gasteiger partial charge on any atom is -0.370 e. The van der Waals surface area contributed by atoms with Gasteiger partial charge in [0.2, 0.25) is 5.89 Å². The minimum atomic E-state index is 0.151. The molecule has 26 heavy (non-hydrogen) atoms. The molecule has 2 heterocycles. The molecule has 1 fully saturated rings. The maximum atomic E-state index is 7.63. The van der Waals surface area contributed by atoms with Crippen molar-refractivity contribution in [3.8, 4) is 0 Å². The molecule has 0 aliphatic carbocycles. The standard InChI is InChI=1S/C20H37N5O/c1-2-3-4-5-6-7-8-9-10-11-14-18-23-19(26-24-18)16-17-13-12-15-25(17)20(21)22/h17H,2-16H2,1H3,(H3,21,22)/t17-/m0/s1. The molecule has 0 saturated carbocycles. The molecule has 1 aliphatic heterocycles. The monoisotopic (exact) mass is 363 g/mol. The molecular formula is C20H37N5O. The first-order valence-corrected chi connectivity index (χ1v) is 10.6. The lowest BCUT2D eigenvalue weighted by Crippen LogP contribution is -2.41. The Bertz CT molecular complexity index is 516. The van der Waals surface area contributed by atoms with Gasteiger partial charge in [-0.05, 0) is 19.3 Å². The van der Waals surface area contributed by atoms with Gasteiger partial charge in [-0.2, -0.15) is 4.98 Å². The van der Waals surface area contributed by atoms with Crippen LogP contribution in [0.1, 0.15) is 95.7 Å². The van der Waals surface area contributed by atoms with E-state index in [1.807, 2.05) is 4.90 Å². The van der Waals surface area contributed by atoms with Crippen LogP contribution in [0.3, 0.4) is 0 Å². The molecule has 1 aromatic rings. The third-order valence-corrected chi connectivity index (χ3v) is 5.36. The predicted octanol–water partition coefficient (Wildman–Crippen LogP) is 4.43. The number of aromatic nitrogens is 2. The molecular weight excluding hydrogens is 326 g/mol. The van der Waals surface area contributed by atoms with Crippen LogP contribution < -0.4 is 5.73 Å². The summed E-state index contributed by atoms with van der Waals surface area (Å²) < 4.78 is 5.40. The molecule has 6 nitrogen and oxygen atoms in total. The van der Waals surface area contributed by atoms with Crippen molar-refractivity contribution in [2.24, 2.45) is 5.73 Å². The Hall–Kier alpha value is -1.59. The summed E-state index contributed by atoms with van der Waals surface area (Å²) in [4.78, 5) is 6.46. The molecule has 2 rings (SSSR count). The molecule has 0 radical (unpaired) electrons. The van der Waals surface area contributed by atoms with Crippen molar-refractivity contribution in [3.63, 3.8) is 0 Å². The third kappa shape index (κ3) is 7.34. The zero-order valence-corrected chi connectivity index (χ0v) is 16.5. The van der Waals surface area contributed by atoms with Crippen LogP contribution >= 0.6 is 0 Å². The molecule has 3 N–H and O–H groups in total. The van der Waals surface area contributed by atoms with Crippen LogP contribution in [0.25, 0.3) is 0 Å². The Balaban J connectivity index is 1.54. The first-order valence-electron chi connectivity index (χ1n) is 10.6. The lowest BCUT2D eigenvalue weighted by molar-refractivity contribution is 0.318. The van der Waals surface area contributed by atoms with Gasteiger partial charge < -0.3 is 15.2 Å². The quantitative estimate of drug-likeness (QED) is 0.307. The van der Waals surface area contributed by atoms with E-state index in [4.69, 9.17) is 15.7 Å². The maximum absolute atomic E-state index is 7.63. The molecule has 0 unspecified atom stereocenters. The molecule has 1 aliphatic rings. The first kappa shape index (κ1) is 20.7. The molecule has 1 atom stereocenters. The minimum absolute atomic E-state index is 0.151. The Morgan fingerprint density at radius 2 is 1.77 bits per heavy atom. The topological polar surface area (TPSA) is 92.0 Å². The molecule has 148 valence electrons. The van der Waals surface area contributed by atoms with Crippen LogP contribution in [0.2, 0.25) is 0 Å². The summed E-state index contributed by atoms with van der Waals surface area (Å²) in [5.41, 5.74) is 5.64. The van der Waals surface area contributed by atoms with Gasteiger partial charge in [0.25, 0.3) is 0 Å². The number of likely N-dealkylation sites (tertiary alicyclic amines) is 1. The third-order valence-electron chi connectivity index (χ3n) is 5.36. The average molecular weight is 364 g/mol. The molecule has 0 bridgehead atoms. The van der Waals surface area contributed by atoms with E-state index >= 15 is 0 Å². The van der Waals surface area contributed by atoms with E-state index in [1.54, 1.807) is 0 Å². The van der Waals surface area contributed by atoms with Gasteiger partial charge in [-0.3, -0.25) is 5.41 Å². The number of unbranched alkanes of at least 4 members (excludes halogenated alkanes) is 9. The number of nitrogens with zero attached hydrogens (tertiary/aromatic N) is 3. The van der Waals surface area contributed by atoms with Gasteiger partial charge in [0.15, 0.2) is 11.8 Å². The van der Waals surface area contributed by atoms with Crippen molar-refractivity contribution >= 4 is 5.96 Å². The molecule has 0 spiro atoms. The van der Waals surface area contributed by atoms with E-state index in [0.29, 0.717) is 12.3 Å². The van der Waals surface area contributed by atoms with Crippen LogP contribution in [-0.2, 0) is 12.8 Å². The maximum Gasteiger partial charge on any atom is 0.228 e. The van der Waals surface area contributed by atoms with Crippen LogP contribution in [0.4, 0.5) is 0 Å². The van der Waals surface area contributed by atoms with Gasteiger partial charge in [0.1, 0.15) is 0 Å². The Kier molecular flexibility index (Phi) is 9.50. The van der Waals surface area contributed by atoms with E-state index in [0.717, 1.165) is 38.1 Å². The lowest BCUT2D eigenvalue weighted by atomic mass is 10.1. The fraction of sp³-hybridized carbons (Fsp3) is 0.850. The number of hydrogen-bond donors (Lipinski definition) is 2. The first-order chi connectivity index (χ1) is 12.7. The number of nitrogens with two attached hydrogens (primary N) is 1. The fourth-order valence-electron chi connectivity index (χ4n) is 3.81. The molecule has 1 saturated heterocycles. The van der Waals surface area contributed by atoms with Crippen LogP contribution in [-0.4, -0.2) is 33.6 Å². The molecule has 1 aromatic heterocycles. The highest BCUT2D eigenvalue weighted by Crippen LogP contribution is 2.20. The second-order valence-corrected chi connectivity index (χ2v) is 7.62. The van der Waals surface area contributed by atoms with Crippen LogP contribution in [0, 0.1) is 5.41 Å². The summed E-state index contributed by atoms with van der Waals surface area (Å²) >= 11 is 0. The van der Waals surface area contributed by atoms with Gasteiger partial charge in [-0.1, -0.05) is 69.9 Å². The van der Waals surface area contributed by atoms with E-state index < -0.39 is 0 Å². The van der Waals surface area contributed by atoms with Crippen molar-refractivity contribution in [2.75, 3.05) is 6.54 Å². The summed E-state index contributed by atoms with van der Waals surface area (Å²) in [6, 6.07) is 0.234. The number of guanidine groups is 1. The zero-order chi connectivity index (χ0) is 18.6. The molecule has 0 aromatic carbocycles. The number of nitrogens with one attached hydrogen (secondary N) is 1. The summed E-state index contributed by atoms with van der Waals surface area (Å²) in [5, 5.41) is 11.7. The van der Waals surface area contributed by atoms with Crippen LogP contribution in [0.5, 0.6) is 0 Å². The largest absolute Gasteiger partial charge is 0.370 e. The molecule has 6 heteroatoms. The Morgan fingerprint density at radius 3 is 2.42 bits per heavy atom.